The largest absolute Gasteiger partial charge is 0.490 e. The molecule has 0 N–H and O–H groups in total. The summed E-state index contributed by atoms with van der Waals surface area (Å²) < 4.78 is 53.2. The fourth-order valence-corrected chi connectivity index (χ4v) is 4.64. The number of esters is 1. The molecule has 33 heavy (non-hydrogen) atoms. The number of carbonyl (C=O) groups is 1. The number of hydrogen-bond acceptors (Lipinski definition) is 4. The van der Waals surface area contributed by atoms with Gasteiger partial charge in [-0.05, 0) is 72.9 Å². The van der Waals surface area contributed by atoms with Crippen molar-refractivity contribution in [2.24, 2.45) is 11.3 Å². The average Bonchev–Trinajstić information content (AvgIpc) is 2.72. The summed E-state index contributed by atoms with van der Waals surface area (Å²) in [6.07, 6.45) is -1.32. The molecule has 0 heterocycles. The molecule has 1 saturated carbocycles. The van der Waals surface area contributed by atoms with Crippen LogP contribution >= 0.6 is 0 Å². The minimum absolute atomic E-state index is 0.0178. The second-order valence-electron chi connectivity index (χ2n) is 9.96. The minimum atomic E-state index is -4.55. The molecule has 1 aliphatic rings. The van der Waals surface area contributed by atoms with Gasteiger partial charge in [0.25, 0.3) is 0 Å². The van der Waals surface area contributed by atoms with Gasteiger partial charge in [-0.25, -0.2) is 0 Å². The first kappa shape index (κ1) is 25.2. The number of fused-ring (bicyclic) bond motifs is 1. The fraction of sp³-hybridized carbons (Fsp3) is 0.577. The van der Waals surface area contributed by atoms with E-state index in [2.05, 4.69) is 20.8 Å². The number of alkyl halides is 3. The third-order valence-electron chi connectivity index (χ3n) is 6.55. The Labute approximate surface area is 194 Å². The molecule has 0 unspecified atom stereocenters. The van der Waals surface area contributed by atoms with E-state index in [1.807, 2.05) is 0 Å². The quantitative estimate of drug-likeness (QED) is 0.438. The van der Waals surface area contributed by atoms with Gasteiger partial charge in [-0.2, -0.15) is 13.2 Å². The molecule has 182 valence electrons. The van der Waals surface area contributed by atoms with Gasteiger partial charge in [-0.1, -0.05) is 32.9 Å². The van der Waals surface area contributed by atoms with Crippen molar-refractivity contribution in [1.29, 1.82) is 0 Å². The predicted octanol–water partition coefficient (Wildman–Crippen LogP) is 6.84. The molecule has 0 aliphatic heterocycles. The third-order valence-corrected chi connectivity index (χ3v) is 6.55. The second kappa shape index (κ2) is 9.82. The standard InChI is InChI=1S/C26H34F3NO3/c1-6-32-23(31)16-30(5)19-10-13-21-17(15-19)7-14-22(24(21)26(27,28)29)33-20-11-8-18(9-12-20)25(2,3)4/h7,10,13-15,18,20H,6,8-9,11-12,16H2,1-5H3/t18-,20-. The van der Waals surface area contributed by atoms with Gasteiger partial charge in [0.15, 0.2) is 0 Å². The summed E-state index contributed by atoms with van der Waals surface area (Å²) in [6, 6.07) is 7.79. The van der Waals surface area contributed by atoms with E-state index in [-0.39, 0.29) is 41.8 Å². The summed E-state index contributed by atoms with van der Waals surface area (Å²) in [6.45, 7) is 8.65. The van der Waals surface area contributed by atoms with Crippen molar-refractivity contribution < 1.29 is 27.4 Å². The molecule has 1 fully saturated rings. The molecule has 1 aliphatic carbocycles. The maximum Gasteiger partial charge on any atom is 0.420 e. The van der Waals surface area contributed by atoms with E-state index >= 15 is 0 Å². The van der Waals surface area contributed by atoms with Crippen LogP contribution in [0.3, 0.4) is 0 Å². The Hall–Kier alpha value is -2.44. The van der Waals surface area contributed by atoms with E-state index in [1.54, 1.807) is 37.1 Å². The van der Waals surface area contributed by atoms with Gasteiger partial charge in [0.05, 0.1) is 12.7 Å². The normalized spacial score (nSPS) is 19.4. The van der Waals surface area contributed by atoms with Gasteiger partial charge in [0.1, 0.15) is 17.9 Å². The van der Waals surface area contributed by atoms with E-state index in [0.717, 1.165) is 25.7 Å². The summed E-state index contributed by atoms with van der Waals surface area (Å²) in [5, 5.41) is 0.538. The number of likely N-dealkylation sites (N-methyl/N-ethyl adjacent to an activating group) is 1. The number of carbonyl (C=O) groups excluding carboxylic acids is 1. The Morgan fingerprint density at radius 2 is 1.73 bits per heavy atom. The molecular weight excluding hydrogens is 431 g/mol. The molecule has 2 aromatic carbocycles. The topological polar surface area (TPSA) is 38.8 Å². The van der Waals surface area contributed by atoms with Crippen LogP contribution in [0.2, 0.25) is 0 Å². The highest BCUT2D eigenvalue weighted by atomic mass is 19.4. The number of anilines is 1. The molecule has 0 saturated heterocycles. The van der Waals surface area contributed by atoms with Crippen molar-refractivity contribution in [1.82, 2.24) is 0 Å². The minimum Gasteiger partial charge on any atom is -0.490 e. The molecule has 4 nitrogen and oxygen atoms in total. The van der Waals surface area contributed by atoms with E-state index in [4.69, 9.17) is 9.47 Å². The summed E-state index contributed by atoms with van der Waals surface area (Å²) in [4.78, 5) is 13.4. The Bertz CT molecular complexity index is 973. The maximum atomic E-state index is 14.1. The smallest absolute Gasteiger partial charge is 0.420 e. The summed E-state index contributed by atoms with van der Waals surface area (Å²) in [5.74, 6) is 0.0592. The lowest BCUT2D eigenvalue weighted by Crippen LogP contribution is -2.31. The lowest BCUT2D eigenvalue weighted by molar-refractivity contribution is -0.141. The van der Waals surface area contributed by atoms with E-state index < -0.39 is 11.7 Å². The molecule has 0 radical (unpaired) electrons. The first-order valence-electron chi connectivity index (χ1n) is 11.6. The van der Waals surface area contributed by atoms with Crippen LogP contribution in [0.25, 0.3) is 10.8 Å². The number of nitrogens with zero attached hydrogens (tertiary/aromatic N) is 1. The van der Waals surface area contributed by atoms with Crippen LogP contribution in [0.4, 0.5) is 18.9 Å². The van der Waals surface area contributed by atoms with Gasteiger partial charge >= 0.3 is 12.1 Å². The van der Waals surface area contributed by atoms with E-state index in [0.29, 0.717) is 17.0 Å². The molecule has 0 atom stereocenters. The highest BCUT2D eigenvalue weighted by Crippen LogP contribution is 2.44. The third kappa shape index (κ3) is 6.12. The molecule has 3 rings (SSSR count). The van der Waals surface area contributed by atoms with Gasteiger partial charge < -0.3 is 14.4 Å². The Morgan fingerprint density at radius 3 is 2.30 bits per heavy atom. The summed E-state index contributed by atoms with van der Waals surface area (Å²) in [5.41, 5.74) is 0.0961. The molecule has 0 bridgehead atoms. The SMILES string of the molecule is CCOC(=O)CN(C)c1ccc2c(C(F)(F)F)c(O[C@H]3CC[C@H](C(C)(C)C)CC3)ccc2c1. The first-order chi connectivity index (χ1) is 15.4. The summed E-state index contributed by atoms with van der Waals surface area (Å²) >= 11 is 0. The maximum absolute atomic E-state index is 14.1. The number of ether oxygens (including phenoxy) is 2. The zero-order valence-corrected chi connectivity index (χ0v) is 20.1. The van der Waals surface area contributed by atoms with Crippen molar-refractivity contribution in [3.05, 3.63) is 35.9 Å². The molecular formula is C26H34F3NO3. The van der Waals surface area contributed by atoms with E-state index in [1.165, 1.54) is 12.1 Å². The van der Waals surface area contributed by atoms with Gasteiger partial charge in [-0.3, -0.25) is 4.79 Å². The van der Waals surface area contributed by atoms with Crippen molar-refractivity contribution in [2.45, 2.75) is 65.7 Å². The number of benzene rings is 2. The molecule has 7 heteroatoms. The van der Waals surface area contributed by atoms with Gasteiger partial charge in [0, 0.05) is 12.7 Å². The Balaban J connectivity index is 1.85. The predicted molar refractivity (Wildman–Crippen MR) is 125 cm³/mol. The number of halogens is 3. The average molecular weight is 466 g/mol. The van der Waals surface area contributed by atoms with Crippen molar-refractivity contribution in [3.8, 4) is 5.75 Å². The van der Waals surface area contributed by atoms with Crippen molar-refractivity contribution in [3.63, 3.8) is 0 Å². The van der Waals surface area contributed by atoms with Crippen LogP contribution in [-0.2, 0) is 15.7 Å². The van der Waals surface area contributed by atoms with Crippen LogP contribution in [0.5, 0.6) is 5.75 Å². The summed E-state index contributed by atoms with van der Waals surface area (Å²) in [7, 11) is 1.70. The Kier molecular flexibility index (Phi) is 7.49. The van der Waals surface area contributed by atoms with Crippen LogP contribution in [0.15, 0.2) is 30.3 Å². The Morgan fingerprint density at radius 1 is 1.06 bits per heavy atom. The monoisotopic (exact) mass is 465 g/mol. The van der Waals surface area contributed by atoms with Crippen LogP contribution in [0, 0.1) is 11.3 Å². The van der Waals surface area contributed by atoms with E-state index in [9.17, 15) is 18.0 Å². The molecule has 0 amide bonds. The van der Waals surface area contributed by atoms with Crippen LogP contribution in [-0.4, -0.2) is 32.3 Å². The second-order valence-corrected chi connectivity index (χ2v) is 9.96. The van der Waals surface area contributed by atoms with Crippen LogP contribution in [0.1, 0.15) is 58.9 Å². The fourth-order valence-electron chi connectivity index (χ4n) is 4.64. The van der Waals surface area contributed by atoms with Gasteiger partial charge in [0.2, 0.25) is 0 Å². The zero-order valence-electron chi connectivity index (χ0n) is 20.1. The highest BCUT2D eigenvalue weighted by molar-refractivity contribution is 5.91. The van der Waals surface area contributed by atoms with Crippen molar-refractivity contribution in [2.75, 3.05) is 25.1 Å². The van der Waals surface area contributed by atoms with Gasteiger partial charge in [-0.15, -0.1) is 0 Å². The highest BCUT2D eigenvalue weighted by Gasteiger charge is 2.38. The number of hydrogen-bond donors (Lipinski definition) is 0. The molecule has 0 aromatic heterocycles. The molecule has 0 spiro atoms. The lowest BCUT2D eigenvalue weighted by atomic mass is 9.72. The first-order valence-corrected chi connectivity index (χ1v) is 11.6. The lowest BCUT2D eigenvalue weighted by Gasteiger charge is -2.37. The zero-order chi connectivity index (χ0) is 24.4. The molecule has 2 aromatic rings. The number of rotatable bonds is 6. The van der Waals surface area contributed by atoms with Crippen LogP contribution < -0.4 is 9.64 Å². The van der Waals surface area contributed by atoms with Crippen molar-refractivity contribution >= 4 is 22.4 Å².